The fourth-order valence-corrected chi connectivity index (χ4v) is 1.51. The van der Waals surface area contributed by atoms with Crippen molar-refractivity contribution in [2.45, 2.75) is 74.7 Å². The summed E-state index contributed by atoms with van der Waals surface area (Å²) < 4.78 is 0. The molecule has 1 aromatic heterocycles. The van der Waals surface area contributed by atoms with E-state index in [2.05, 4.69) is 44.0 Å². The molecule has 0 bridgehead atoms. The summed E-state index contributed by atoms with van der Waals surface area (Å²) in [5.74, 6) is 0. The first kappa shape index (κ1) is 19.4. The van der Waals surface area contributed by atoms with Crippen LogP contribution in [-0.2, 0) is 12.8 Å². The Hall–Kier alpha value is -0.920. The predicted molar refractivity (Wildman–Crippen MR) is 81.9 cm³/mol. The summed E-state index contributed by atoms with van der Waals surface area (Å²) in [7, 11) is 0. The minimum atomic E-state index is 0.291. The predicted octanol–water partition coefficient (Wildman–Crippen LogP) is 5.07. The Morgan fingerprint density at radius 1 is 1.06 bits per heavy atom. The van der Waals surface area contributed by atoms with Gasteiger partial charge in [-0.3, -0.25) is 0 Å². The van der Waals surface area contributed by atoms with Crippen LogP contribution in [0.2, 0.25) is 0 Å². The fraction of sp³-hybridized carbons (Fsp3) is 0.750. The number of aromatic nitrogens is 2. The third kappa shape index (κ3) is 10.2. The average Bonchev–Trinajstić information content (AvgIpc) is 2.33. The number of hydrogen-bond donors (Lipinski definition) is 0. The molecule has 106 valence electrons. The Morgan fingerprint density at radius 3 is 2.06 bits per heavy atom. The molecule has 0 N–H and O–H groups in total. The summed E-state index contributed by atoms with van der Waals surface area (Å²) in [6.45, 7) is 16.9. The molecule has 1 heterocycles. The van der Waals surface area contributed by atoms with E-state index in [1.54, 1.807) is 0 Å². The molecule has 1 rings (SSSR count). The van der Waals surface area contributed by atoms with Gasteiger partial charge in [-0.15, -0.1) is 0 Å². The van der Waals surface area contributed by atoms with E-state index in [4.69, 9.17) is 0 Å². The fourth-order valence-electron chi connectivity index (χ4n) is 1.51. The smallest absolute Gasteiger partial charge is 0.0639 e. The quantitative estimate of drug-likeness (QED) is 0.750. The molecule has 18 heavy (non-hydrogen) atoms. The van der Waals surface area contributed by atoms with Crippen molar-refractivity contribution in [3.63, 3.8) is 0 Å². The van der Waals surface area contributed by atoms with E-state index in [0.29, 0.717) is 5.41 Å². The minimum Gasteiger partial charge on any atom is -0.159 e. The van der Waals surface area contributed by atoms with Crippen LogP contribution in [0.5, 0.6) is 0 Å². The van der Waals surface area contributed by atoms with Crippen LogP contribution in [0, 0.1) is 5.41 Å². The highest BCUT2D eigenvalue weighted by atomic mass is 15.1. The monoisotopic (exact) mass is 252 g/mol. The van der Waals surface area contributed by atoms with Crippen molar-refractivity contribution in [1.29, 1.82) is 0 Å². The minimum absolute atomic E-state index is 0.291. The van der Waals surface area contributed by atoms with Gasteiger partial charge in [-0.05, 0) is 29.9 Å². The van der Waals surface area contributed by atoms with Crippen molar-refractivity contribution < 1.29 is 0 Å². The molecule has 0 radical (unpaired) electrons. The first-order valence-corrected chi connectivity index (χ1v) is 7.32. The lowest BCUT2D eigenvalue weighted by Crippen LogP contribution is -2.11. The number of aryl methyl sites for hydroxylation is 1. The summed E-state index contributed by atoms with van der Waals surface area (Å²) in [4.78, 5) is 0. The molecule has 2 heteroatoms. The lowest BCUT2D eigenvalue weighted by atomic mass is 9.90. The van der Waals surface area contributed by atoms with Crippen molar-refractivity contribution in [1.82, 2.24) is 10.2 Å². The van der Waals surface area contributed by atoms with Gasteiger partial charge in [0.1, 0.15) is 0 Å². The molecular formula is C16H32N2. The molecule has 0 saturated carbocycles. The van der Waals surface area contributed by atoms with Crippen molar-refractivity contribution in [2.75, 3.05) is 0 Å². The van der Waals surface area contributed by atoms with Gasteiger partial charge in [0.15, 0.2) is 0 Å². The Bertz CT molecular complexity index is 287. The van der Waals surface area contributed by atoms with Gasteiger partial charge in [0.05, 0.1) is 11.9 Å². The lowest BCUT2D eigenvalue weighted by Gasteiger charge is -2.17. The van der Waals surface area contributed by atoms with Crippen LogP contribution in [0.4, 0.5) is 0 Å². The van der Waals surface area contributed by atoms with Gasteiger partial charge in [-0.2, -0.15) is 10.2 Å². The van der Waals surface area contributed by atoms with E-state index in [9.17, 15) is 0 Å². The second kappa shape index (κ2) is 11.2. The Morgan fingerprint density at radius 2 is 1.61 bits per heavy atom. The zero-order valence-electron chi connectivity index (χ0n) is 13.7. The van der Waals surface area contributed by atoms with E-state index in [1.165, 1.54) is 12.0 Å². The van der Waals surface area contributed by atoms with Gasteiger partial charge in [-0.25, -0.2) is 0 Å². The van der Waals surface area contributed by atoms with Gasteiger partial charge in [0, 0.05) is 0 Å². The maximum Gasteiger partial charge on any atom is 0.0639 e. The van der Waals surface area contributed by atoms with E-state index >= 15 is 0 Å². The molecule has 1 aromatic rings. The molecular weight excluding hydrogens is 220 g/mol. The molecule has 0 unspecified atom stereocenters. The number of rotatable bonds is 3. The maximum atomic E-state index is 4.16. The zero-order valence-corrected chi connectivity index (χ0v) is 13.7. The Balaban J connectivity index is 0. The molecule has 0 saturated heterocycles. The third-order valence-corrected chi connectivity index (χ3v) is 2.01. The summed E-state index contributed by atoms with van der Waals surface area (Å²) in [5.41, 5.74) is 2.71. The van der Waals surface area contributed by atoms with Crippen LogP contribution < -0.4 is 0 Å². The van der Waals surface area contributed by atoms with Crippen LogP contribution in [-0.4, -0.2) is 10.2 Å². The van der Waals surface area contributed by atoms with Gasteiger partial charge in [-0.1, -0.05) is 61.8 Å². The van der Waals surface area contributed by atoms with Crippen molar-refractivity contribution >= 4 is 0 Å². The topological polar surface area (TPSA) is 25.8 Å². The molecule has 0 spiro atoms. The molecule has 0 fully saturated rings. The van der Waals surface area contributed by atoms with Gasteiger partial charge < -0.3 is 0 Å². The van der Waals surface area contributed by atoms with Crippen molar-refractivity contribution in [3.8, 4) is 0 Å². The van der Waals surface area contributed by atoms with E-state index < -0.39 is 0 Å². The van der Waals surface area contributed by atoms with Crippen molar-refractivity contribution in [3.05, 3.63) is 23.5 Å². The highest BCUT2D eigenvalue weighted by molar-refractivity contribution is 5.13. The van der Waals surface area contributed by atoms with Gasteiger partial charge in [0.2, 0.25) is 0 Å². The van der Waals surface area contributed by atoms with Crippen LogP contribution in [0.25, 0.3) is 0 Å². The van der Waals surface area contributed by atoms with E-state index in [-0.39, 0.29) is 0 Å². The maximum absolute atomic E-state index is 4.16. The first-order chi connectivity index (χ1) is 8.51. The normalized spacial score (nSPS) is 9.78. The van der Waals surface area contributed by atoms with Crippen LogP contribution in [0.15, 0.2) is 12.3 Å². The average molecular weight is 252 g/mol. The zero-order chi connectivity index (χ0) is 14.6. The lowest BCUT2D eigenvalue weighted by molar-refractivity contribution is 0.404. The van der Waals surface area contributed by atoms with Crippen LogP contribution in [0.3, 0.4) is 0 Å². The highest BCUT2D eigenvalue weighted by Crippen LogP contribution is 2.19. The largest absolute Gasteiger partial charge is 0.159 e. The van der Waals surface area contributed by atoms with E-state index in [1.807, 2.05) is 33.9 Å². The number of hydrogen-bond acceptors (Lipinski definition) is 2. The molecule has 2 nitrogen and oxygen atoms in total. The Labute approximate surface area is 114 Å². The summed E-state index contributed by atoms with van der Waals surface area (Å²) in [5, 5.41) is 8.19. The molecule has 0 amide bonds. The third-order valence-electron chi connectivity index (χ3n) is 2.01. The standard InChI is InChI=1S/C12H20N2.2C2H6/c1-5-6-10-7-11(14-13-9-10)8-12(2,3)4;2*1-2/h7,9H,5-6,8H2,1-4H3;2*1-2H3. The molecule has 0 aliphatic rings. The molecule has 0 atom stereocenters. The second-order valence-electron chi connectivity index (χ2n) is 5.04. The molecule has 0 aliphatic carbocycles. The second-order valence-corrected chi connectivity index (χ2v) is 5.04. The SMILES string of the molecule is CC.CC.CCCc1cnnc(CC(C)(C)C)c1. The molecule has 0 aliphatic heterocycles. The summed E-state index contributed by atoms with van der Waals surface area (Å²) in [6.07, 6.45) is 5.14. The summed E-state index contributed by atoms with van der Waals surface area (Å²) >= 11 is 0. The summed E-state index contributed by atoms with van der Waals surface area (Å²) in [6, 6.07) is 2.18. The van der Waals surface area contributed by atoms with Crippen LogP contribution >= 0.6 is 0 Å². The van der Waals surface area contributed by atoms with E-state index in [0.717, 1.165) is 18.5 Å². The first-order valence-electron chi connectivity index (χ1n) is 7.32. The van der Waals surface area contributed by atoms with Crippen molar-refractivity contribution in [2.24, 2.45) is 5.41 Å². The van der Waals surface area contributed by atoms with Gasteiger partial charge in [0.25, 0.3) is 0 Å². The highest BCUT2D eigenvalue weighted by Gasteiger charge is 2.12. The number of nitrogens with zero attached hydrogens (tertiary/aromatic N) is 2. The Kier molecular flexibility index (Phi) is 12.1. The van der Waals surface area contributed by atoms with Gasteiger partial charge >= 0.3 is 0 Å². The molecule has 0 aromatic carbocycles. The van der Waals surface area contributed by atoms with Crippen LogP contribution in [0.1, 0.15) is 73.1 Å².